The van der Waals surface area contributed by atoms with Crippen molar-refractivity contribution in [2.75, 3.05) is 0 Å². The van der Waals surface area contributed by atoms with Crippen LogP contribution in [0.3, 0.4) is 0 Å². The van der Waals surface area contributed by atoms with E-state index in [4.69, 9.17) is 25.8 Å². The molecule has 0 bridgehead atoms. The lowest BCUT2D eigenvalue weighted by molar-refractivity contribution is 0.00578. The van der Waals surface area contributed by atoms with Crippen LogP contribution in [0, 0.1) is 0 Å². The molecule has 0 atom stereocenters. The zero-order valence-electron chi connectivity index (χ0n) is 29.4. The van der Waals surface area contributed by atoms with Gasteiger partial charge >= 0.3 is 7.12 Å². The van der Waals surface area contributed by atoms with E-state index in [9.17, 15) is 1.37 Å². The van der Waals surface area contributed by atoms with Gasteiger partial charge in [0.15, 0.2) is 0 Å². The third-order valence-corrected chi connectivity index (χ3v) is 5.51. The van der Waals surface area contributed by atoms with Crippen LogP contribution in [0.1, 0.15) is 45.5 Å². The van der Waals surface area contributed by atoms with Crippen molar-refractivity contribution >= 4 is 34.1 Å². The van der Waals surface area contributed by atoms with Crippen LogP contribution >= 0.6 is 0 Å². The zero-order chi connectivity index (χ0) is 31.5. The van der Waals surface area contributed by atoms with Gasteiger partial charge in [-0.3, -0.25) is 0 Å². The Hall–Kier alpha value is -2.62. The third kappa shape index (κ3) is 2.97. The average molecular weight is 393 g/mol. The largest absolute Gasteiger partial charge is 0.494 e. The maximum absolute atomic E-state index is 9.32. The molecule has 0 aliphatic carbocycles. The van der Waals surface area contributed by atoms with Gasteiger partial charge in [-0.25, -0.2) is 0 Å². The molecular weight excluding hydrogens is 355 g/mol. The molecule has 1 aliphatic heterocycles. The van der Waals surface area contributed by atoms with E-state index in [-0.39, 0.29) is 32.6 Å². The van der Waals surface area contributed by atoms with Crippen LogP contribution in [-0.4, -0.2) is 18.3 Å². The van der Waals surface area contributed by atoms with E-state index < -0.39 is 102 Å². The summed E-state index contributed by atoms with van der Waals surface area (Å²) in [7, 11) is -1.35. The van der Waals surface area contributed by atoms with Crippen molar-refractivity contribution in [3.05, 3.63) is 78.6 Å². The van der Waals surface area contributed by atoms with E-state index in [1.165, 1.54) is 0 Å². The van der Waals surface area contributed by atoms with E-state index in [0.29, 0.717) is 0 Å². The summed E-state index contributed by atoms with van der Waals surface area (Å²) in [4.78, 5) is 0. The first-order chi connectivity index (χ1) is 19.3. The Kier molecular flexibility index (Phi) is 2.01. The Morgan fingerprint density at radius 2 is 1.21 bits per heavy atom. The summed E-state index contributed by atoms with van der Waals surface area (Å²) < 4.78 is 124. The maximum Gasteiger partial charge on any atom is 0.494 e. The second-order valence-electron chi connectivity index (χ2n) is 7.88. The number of hydrogen-bond acceptors (Lipinski definition) is 2. The first-order valence-electron chi connectivity index (χ1n) is 15.7. The highest BCUT2D eigenvalue weighted by Crippen LogP contribution is 2.38. The molecule has 0 N–H and O–H groups in total. The minimum absolute atomic E-state index is 0.212. The van der Waals surface area contributed by atoms with Gasteiger partial charge in [0.1, 0.15) is 0 Å². The monoisotopic (exact) mass is 393 g/mol. The molecule has 5 rings (SSSR count). The summed E-state index contributed by atoms with van der Waals surface area (Å²) in [5, 5.41) is -1.38. The third-order valence-electron chi connectivity index (χ3n) is 5.51. The normalized spacial score (nSPS) is 24.1. The Balaban J connectivity index is 2.12. The van der Waals surface area contributed by atoms with Crippen LogP contribution in [0.4, 0.5) is 0 Å². The van der Waals surface area contributed by atoms with Crippen LogP contribution in [0.2, 0.25) is 0 Å². The van der Waals surface area contributed by atoms with Crippen LogP contribution in [0.5, 0.6) is 0 Å². The second-order valence-corrected chi connectivity index (χ2v) is 7.88. The van der Waals surface area contributed by atoms with Crippen molar-refractivity contribution < 1.29 is 27.1 Å². The molecule has 0 aromatic heterocycles. The molecule has 4 aromatic carbocycles. The predicted octanol–water partition coefficient (Wildman–Crippen LogP) is 5.96. The van der Waals surface area contributed by atoms with Gasteiger partial charge in [-0.15, -0.1) is 0 Å². The highest BCUT2D eigenvalue weighted by Gasteiger charge is 2.51. The maximum atomic E-state index is 9.32. The summed E-state index contributed by atoms with van der Waals surface area (Å²) in [6.07, 6.45) is 0. The van der Waals surface area contributed by atoms with E-state index in [0.717, 1.165) is 0 Å². The summed E-state index contributed by atoms with van der Waals surface area (Å²) in [6.45, 7) is 7.00. The highest BCUT2D eigenvalue weighted by atomic mass is 16.7. The van der Waals surface area contributed by atoms with Crippen LogP contribution < -0.4 is 5.46 Å². The molecule has 144 valence electrons. The number of hydrogen-bond donors (Lipinski definition) is 0. The molecular formula is C26H25BO2. The molecule has 0 saturated carbocycles. The zero-order valence-corrected chi connectivity index (χ0v) is 16.4. The summed E-state index contributed by atoms with van der Waals surface area (Å²) in [5.41, 5.74) is -2.80. The fourth-order valence-electron chi connectivity index (χ4n) is 3.22. The van der Waals surface area contributed by atoms with Gasteiger partial charge in [0.25, 0.3) is 0 Å². The molecule has 4 aromatic rings. The van der Waals surface area contributed by atoms with E-state index in [2.05, 4.69) is 0 Å². The smallest absolute Gasteiger partial charge is 0.399 e. The van der Waals surface area contributed by atoms with Crippen LogP contribution in [0.15, 0.2) is 78.6 Å². The van der Waals surface area contributed by atoms with Gasteiger partial charge < -0.3 is 9.31 Å². The van der Waals surface area contributed by atoms with Gasteiger partial charge in [0, 0.05) is 0 Å². The van der Waals surface area contributed by atoms with E-state index in [1.54, 1.807) is 27.7 Å². The quantitative estimate of drug-likeness (QED) is 0.391. The van der Waals surface area contributed by atoms with Crippen LogP contribution in [-0.2, 0) is 9.31 Å². The van der Waals surface area contributed by atoms with Gasteiger partial charge in [-0.2, -0.15) is 0 Å². The number of benzene rings is 4. The standard InChI is InChI=1S/C26H25BO2/c1-25(2)26(3,4)29-27(28-25)20-16-19-11-6-8-14-22(19)24(17-20)23-15-9-12-18-10-5-7-13-21(18)23/h5-17H,1-4H3/i5D,6D,7D,8D,9D,10D,11D,12D,13D,14D,15D,16D,17D. The van der Waals surface area contributed by atoms with Gasteiger partial charge in [-0.1, -0.05) is 78.6 Å². The highest BCUT2D eigenvalue weighted by molar-refractivity contribution is 6.62. The van der Waals surface area contributed by atoms with Crippen molar-refractivity contribution in [1.29, 1.82) is 0 Å². The average Bonchev–Trinajstić information content (AvgIpc) is 3.12. The molecule has 1 aliphatic rings. The minimum atomic E-state index is -1.35. The molecule has 0 spiro atoms. The fraction of sp³-hybridized carbons (Fsp3) is 0.231. The van der Waals surface area contributed by atoms with E-state index in [1.807, 2.05) is 0 Å². The second kappa shape index (κ2) is 6.45. The van der Waals surface area contributed by atoms with Gasteiger partial charge in [-0.05, 0) is 65.8 Å². The van der Waals surface area contributed by atoms with Crippen molar-refractivity contribution in [3.8, 4) is 11.1 Å². The molecule has 0 amide bonds. The lowest BCUT2D eigenvalue weighted by Gasteiger charge is -2.32. The van der Waals surface area contributed by atoms with Crippen molar-refractivity contribution in [3.63, 3.8) is 0 Å². The molecule has 1 fully saturated rings. The predicted molar refractivity (Wildman–Crippen MR) is 123 cm³/mol. The molecule has 1 saturated heterocycles. The first kappa shape index (κ1) is 9.03. The van der Waals surface area contributed by atoms with E-state index >= 15 is 0 Å². The van der Waals surface area contributed by atoms with Gasteiger partial charge in [0.05, 0.1) is 29.0 Å². The molecule has 2 nitrogen and oxygen atoms in total. The Morgan fingerprint density at radius 1 is 0.655 bits per heavy atom. The fourth-order valence-corrected chi connectivity index (χ4v) is 3.22. The lowest BCUT2D eigenvalue weighted by atomic mass is 9.76. The first-order valence-corrected chi connectivity index (χ1v) is 9.17. The topological polar surface area (TPSA) is 18.5 Å². The van der Waals surface area contributed by atoms with Crippen molar-refractivity contribution in [2.24, 2.45) is 0 Å². The van der Waals surface area contributed by atoms with Crippen LogP contribution in [0.25, 0.3) is 32.7 Å². The lowest BCUT2D eigenvalue weighted by Crippen LogP contribution is -2.41. The SMILES string of the molecule is [2H]c1c([2H])c([2H])c2c(-c3c([2H])c(B4OC(C)(C)C(C)(C)O4)c([2H])c4c([2H])c([2H])c([2H])c([2H])c34)c([2H])c([2H])c([2H])c2c1[2H]. The summed E-state index contributed by atoms with van der Waals surface area (Å²) in [5.74, 6) is 0. The number of fused-ring (bicyclic) bond motifs is 2. The summed E-state index contributed by atoms with van der Waals surface area (Å²) >= 11 is 0. The number of rotatable bonds is 2. The minimum Gasteiger partial charge on any atom is -0.399 e. The van der Waals surface area contributed by atoms with Crippen molar-refractivity contribution in [1.82, 2.24) is 0 Å². The summed E-state index contributed by atoms with van der Waals surface area (Å²) in [6, 6.07) is -8.23. The molecule has 3 heteroatoms. The molecule has 0 radical (unpaired) electrons. The Bertz CT molecular complexity index is 1860. The van der Waals surface area contributed by atoms with Crippen molar-refractivity contribution in [2.45, 2.75) is 38.9 Å². The Labute approximate surface area is 190 Å². The van der Waals surface area contributed by atoms with Gasteiger partial charge in [0.2, 0.25) is 0 Å². The molecule has 0 unspecified atom stereocenters. The molecule has 1 heterocycles. The molecule has 29 heavy (non-hydrogen) atoms. The Morgan fingerprint density at radius 3 is 1.90 bits per heavy atom.